The van der Waals surface area contributed by atoms with Crippen molar-refractivity contribution in [3.05, 3.63) is 62.5 Å². The Morgan fingerprint density at radius 3 is 2.50 bits per heavy atom. The second kappa shape index (κ2) is 10.4. The van der Waals surface area contributed by atoms with E-state index in [1.54, 1.807) is 18.2 Å². The maximum absolute atomic E-state index is 5.43. The molecule has 0 aliphatic carbocycles. The molecule has 8 nitrogen and oxygen atoms in total. The van der Waals surface area contributed by atoms with E-state index < -0.39 is 0 Å². The van der Waals surface area contributed by atoms with Crippen LogP contribution < -0.4 is 20.4 Å². The summed E-state index contributed by atoms with van der Waals surface area (Å²) in [4.78, 5) is 15.0. The minimum absolute atomic E-state index is 0.327. The van der Waals surface area contributed by atoms with E-state index in [9.17, 15) is 0 Å². The molecule has 1 heterocycles. The highest BCUT2D eigenvalue weighted by Gasteiger charge is 2.09. The van der Waals surface area contributed by atoms with Gasteiger partial charge in [-0.15, -0.1) is 0 Å². The van der Waals surface area contributed by atoms with E-state index in [0.29, 0.717) is 30.1 Å². The summed E-state index contributed by atoms with van der Waals surface area (Å²) in [5.41, 5.74) is 4.79. The van der Waals surface area contributed by atoms with Crippen LogP contribution in [-0.2, 0) is 6.54 Å². The molecule has 3 aromatic rings. The van der Waals surface area contributed by atoms with Crippen LogP contribution in [0.5, 0.6) is 5.75 Å². The standard InChI is InChI=1S/C20H21Br2N7O/c1-29(2)20-26-18(23-11-13-7-5-4-6-8-13)25-19(27-20)28-24-12-14-9-15(21)10-16(22)17(14)30-3/h4-10,12H,11H2,1-3H3,(H2,23,25,26,27,28)/b24-12-. The fraction of sp³-hybridized carbons (Fsp3) is 0.200. The van der Waals surface area contributed by atoms with Crippen LogP contribution in [0.3, 0.4) is 0 Å². The number of anilines is 3. The molecular formula is C20H21Br2N7O. The van der Waals surface area contributed by atoms with Crippen LogP contribution in [0, 0.1) is 0 Å². The average Bonchev–Trinajstić information content (AvgIpc) is 2.72. The normalized spacial score (nSPS) is 10.8. The van der Waals surface area contributed by atoms with Crippen molar-refractivity contribution in [1.29, 1.82) is 0 Å². The molecular weight excluding hydrogens is 514 g/mol. The van der Waals surface area contributed by atoms with E-state index in [-0.39, 0.29) is 0 Å². The second-order valence-corrected chi connectivity index (χ2v) is 8.17. The van der Waals surface area contributed by atoms with Gasteiger partial charge >= 0.3 is 0 Å². The maximum atomic E-state index is 5.43. The molecule has 0 atom stereocenters. The van der Waals surface area contributed by atoms with Crippen LogP contribution >= 0.6 is 31.9 Å². The van der Waals surface area contributed by atoms with Crippen molar-refractivity contribution in [2.24, 2.45) is 5.10 Å². The van der Waals surface area contributed by atoms with E-state index in [1.165, 1.54) is 0 Å². The molecule has 0 aliphatic rings. The van der Waals surface area contributed by atoms with Gasteiger partial charge in [-0.05, 0) is 33.6 Å². The number of nitrogens with one attached hydrogen (secondary N) is 2. The van der Waals surface area contributed by atoms with Gasteiger partial charge in [-0.3, -0.25) is 0 Å². The van der Waals surface area contributed by atoms with Gasteiger partial charge in [-0.2, -0.15) is 20.1 Å². The van der Waals surface area contributed by atoms with Gasteiger partial charge in [0.05, 0.1) is 17.8 Å². The van der Waals surface area contributed by atoms with Crippen molar-refractivity contribution >= 4 is 55.9 Å². The Kier molecular flexibility index (Phi) is 7.58. The third-order valence-electron chi connectivity index (χ3n) is 3.93. The van der Waals surface area contributed by atoms with Crippen molar-refractivity contribution in [1.82, 2.24) is 15.0 Å². The van der Waals surface area contributed by atoms with Gasteiger partial charge in [0.15, 0.2) is 0 Å². The van der Waals surface area contributed by atoms with Gasteiger partial charge in [-0.1, -0.05) is 46.3 Å². The predicted octanol–water partition coefficient (Wildman–Crippen LogP) is 4.53. The van der Waals surface area contributed by atoms with Crippen LogP contribution in [0.4, 0.5) is 17.8 Å². The van der Waals surface area contributed by atoms with Gasteiger partial charge in [0.1, 0.15) is 5.75 Å². The van der Waals surface area contributed by atoms with Crippen LogP contribution in [0.2, 0.25) is 0 Å². The lowest BCUT2D eigenvalue weighted by atomic mass is 10.2. The fourth-order valence-corrected chi connectivity index (χ4v) is 3.94. The molecule has 10 heteroatoms. The van der Waals surface area contributed by atoms with E-state index in [1.807, 2.05) is 56.6 Å². The van der Waals surface area contributed by atoms with Gasteiger partial charge in [-0.25, -0.2) is 5.43 Å². The van der Waals surface area contributed by atoms with Gasteiger partial charge in [0, 0.05) is 30.7 Å². The van der Waals surface area contributed by atoms with Crippen molar-refractivity contribution < 1.29 is 4.74 Å². The monoisotopic (exact) mass is 533 g/mol. The van der Waals surface area contributed by atoms with Crippen molar-refractivity contribution in [2.45, 2.75) is 6.54 Å². The predicted molar refractivity (Wildman–Crippen MR) is 128 cm³/mol. The molecule has 2 aromatic carbocycles. The zero-order chi connectivity index (χ0) is 21.5. The number of rotatable bonds is 8. The van der Waals surface area contributed by atoms with Crippen LogP contribution in [0.1, 0.15) is 11.1 Å². The number of nitrogens with zero attached hydrogens (tertiary/aromatic N) is 5. The number of hydrazone groups is 1. The van der Waals surface area contributed by atoms with E-state index in [0.717, 1.165) is 20.1 Å². The minimum Gasteiger partial charge on any atom is -0.495 e. The highest BCUT2D eigenvalue weighted by Crippen LogP contribution is 2.31. The SMILES string of the molecule is COc1c(Br)cc(Br)cc1/C=N\Nc1nc(NCc2ccccc2)nc(N(C)C)n1. The lowest BCUT2D eigenvalue weighted by Gasteiger charge is -2.13. The Balaban J connectivity index is 1.78. The average molecular weight is 535 g/mol. The number of ether oxygens (including phenoxy) is 1. The summed E-state index contributed by atoms with van der Waals surface area (Å²) >= 11 is 6.95. The molecule has 1 aromatic heterocycles. The topological polar surface area (TPSA) is 87.6 Å². The maximum Gasteiger partial charge on any atom is 0.250 e. The summed E-state index contributed by atoms with van der Waals surface area (Å²) in [6, 6.07) is 13.8. The Hall–Kier alpha value is -2.72. The molecule has 0 aliphatic heterocycles. The zero-order valence-corrected chi connectivity index (χ0v) is 19.9. The smallest absolute Gasteiger partial charge is 0.250 e. The Bertz CT molecular complexity index is 1030. The highest BCUT2D eigenvalue weighted by atomic mass is 79.9. The molecule has 0 fully saturated rings. The third-order valence-corrected chi connectivity index (χ3v) is 4.97. The Labute approximate surface area is 192 Å². The molecule has 0 saturated carbocycles. The van der Waals surface area contributed by atoms with Crippen LogP contribution in [0.15, 0.2) is 56.5 Å². The van der Waals surface area contributed by atoms with Gasteiger partial charge in [0.2, 0.25) is 17.8 Å². The summed E-state index contributed by atoms with van der Waals surface area (Å²) in [6.07, 6.45) is 1.64. The number of benzene rings is 2. The first-order chi connectivity index (χ1) is 14.5. The summed E-state index contributed by atoms with van der Waals surface area (Å²) in [5, 5.41) is 7.49. The summed E-state index contributed by atoms with van der Waals surface area (Å²) in [5.74, 6) is 1.98. The van der Waals surface area contributed by atoms with E-state index in [2.05, 4.69) is 62.7 Å². The van der Waals surface area contributed by atoms with Crippen LogP contribution in [-0.4, -0.2) is 42.4 Å². The second-order valence-electron chi connectivity index (χ2n) is 6.40. The number of halogens is 2. The van der Waals surface area contributed by atoms with Gasteiger partial charge in [0.25, 0.3) is 0 Å². The summed E-state index contributed by atoms with van der Waals surface area (Å²) < 4.78 is 7.16. The lowest BCUT2D eigenvalue weighted by molar-refractivity contribution is 0.411. The molecule has 30 heavy (non-hydrogen) atoms. The van der Waals surface area contributed by atoms with Crippen LogP contribution in [0.25, 0.3) is 0 Å². The fourth-order valence-electron chi connectivity index (χ4n) is 2.52. The molecule has 2 N–H and O–H groups in total. The molecule has 0 spiro atoms. The number of hydrogen-bond acceptors (Lipinski definition) is 8. The minimum atomic E-state index is 0.327. The summed E-state index contributed by atoms with van der Waals surface area (Å²) in [7, 11) is 5.35. The number of methoxy groups -OCH3 is 1. The lowest BCUT2D eigenvalue weighted by Crippen LogP contribution is -2.16. The molecule has 0 amide bonds. The number of hydrogen-bond donors (Lipinski definition) is 2. The molecule has 0 unspecified atom stereocenters. The quantitative estimate of drug-likeness (QED) is 0.324. The molecule has 0 radical (unpaired) electrons. The van der Waals surface area contributed by atoms with Crippen molar-refractivity contribution in [3.8, 4) is 5.75 Å². The zero-order valence-electron chi connectivity index (χ0n) is 16.7. The van der Waals surface area contributed by atoms with Crippen molar-refractivity contribution in [2.75, 3.05) is 36.8 Å². The Morgan fingerprint density at radius 2 is 1.80 bits per heavy atom. The molecule has 0 saturated heterocycles. The molecule has 3 rings (SSSR count). The largest absolute Gasteiger partial charge is 0.495 e. The summed E-state index contributed by atoms with van der Waals surface area (Å²) in [6.45, 7) is 0.601. The highest BCUT2D eigenvalue weighted by molar-refractivity contribution is 9.11. The molecule has 156 valence electrons. The van der Waals surface area contributed by atoms with E-state index >= 15 is 0 Å². The van der Waals surface area contributed by atoms with Crippen molar-refractivity contribution in [3.63, 3.8) is 0 Å². The molecule has 0 bridgehead atoms. The number of aromatic nitrogens is 3. The Morgan fingerprint density at radius 1 is 1.07 bits per heavy atom. The first-order valence-electron chi connectivity index (χ1n) is 8.99. The first-order valence-corrected chi connectivity index (χ1v) is 10.6. The van der Waals surface area contributed by atoms with Gasteiger partial charge < -0.3 is 15.0 Å². The first kappa shape index (κ1) is 22.0. The third kappa shape index (κ3) is 5.90. The van der Waals surface area contributed by atoms with E-state index in [4.69, 9.17) is 4.74 Å².